The van der Waals surface area contributed by atoms with E-state index < -0.39 is 88.7 Å². The molecule has 1 aromatic carbocycles. The summed E-state index contributed by atoms with van der Waals surface area (Å²) in [5.74, 6) is -8.72. The van der Waals surface area contributed by atoms with Gasteiger partial charge in [-0.2, -0.15) is 0 Å². The molecule has 7 rings (SSSR count). The largest absolute Gasteiger partial charge is 0.543 e. The summed E-state index contributed by atoms with van der Waals surface area (Å²) in [7, 11) is 0. The average molecular weight is 850 g/mol. The molecule has 57 heavy (non-hydrogen) atoms. The Hall–Kier alpha value is -5.45. The van der Waals surface area contributed by atoms with Gasteiger partial charge in [-0.05, 0) is 12.1 Å². The van der Waals surface area contributed by atoms with Crippen LogP contribution < -0.4 is 16.2 Å². The van der Waals surface area contributed by atoms with Crippen LogP contribution in [0.3, 0.4) is 0 Å². The fourth-order valence-electron chi connectivity index (χ4n) is 7.66. The van der Waals surface area contributed by atoms with Crippen molar-refractivity contribution < 1.29 is 68.8 Å². The SMILES string of the molecule is Nc1nc(/C(=N/O[C@@H](CC(=O)O)C(=O)O)C(=O)C[C@@H]2C(=O)N3C(C(=O)[O-])=C(C[N+]45CCC(CNC(=O)/C(=N\O)c6ccc(O)c(O)c6Cl)(CC4)CC5)CS[C@H]23)cs1. The maximum Gasteiger partial charge on any atom is 0.348 e. The van der Waals surface area contributed by atoms with Crippen molar-refractivity contribution in [3.8, 4) is 11.5 Å². The third-order valence-corrected chi connectivity index (χ3v) is 13.3. The number of nitrogens with one attached hydrogen (secondary N) is 1. The lowest BCUT2D eigenvalue weighted by Crippen LogP contribution is -2.66. The molecule has 1 aromatic heterocycles. The van der Waals surface area contributed by atoms with Gasteiger partial charge < -0.3 is 55.9 Å². The van der Waals surface area contributed by atoms with E-state index in [1.165, 1.54) is 23.2 Å². The zero-order valence-electron chi connectivity index (χ0n) is 29.8. The van der Waals surface area contributed by atoms with E-state index in [0.717, 1.165) is 22.3 Å². The van der Waals surface area contributed by atoms with Crippen molar-refractivity contribution in [2.45, 2.75) is 43.6 Å². The quantitative estimate of drug-likeness (QED) is 0.0290. The normalized spacial score (nSPS) is 25.0. The number of thioether (sulfide) groups is 1. The number of ketones is 1. The number of nitrogen functional groups attached to an aromatic ring is 1. The number of thiazole rings is 1. The van der Waals surface area contributed by atoms with Crippen LogP contribution in [0.2, 0.25) is 5.02 Å². The lowest BCUT2D eigenvalue weighted by molar-refractivity contribution is -0.941. The second-order valence-corrected chi connectivity index (χ2v) is 16.6. The number of halogens is 1. The van der Waals surface area contributed by atoms with E-state index >= 15 is 0 Å². The van der Waals surface area contributed by atoms with Gasteiger partial charge in [0, 0.05) is 59.9 Å². The van der Waals surface area contributed by atoms with Gasteiger partial charge in [0.2, 0.25) is 12.0 Å². The lowest BCUT2D eigenvalue weighted by atomic mass is 9.70. The van der Waals surface area contributed by atoms with E-state index in [1.807, 2.05) is 0 Å². The number of quaternary nitrogens is 1. The summed E-state index contributed by atoms with van der Waals surface area (Å²) >= 11 is 8.31. The molecule has 20 nitrogen and oxygen atoms in total. The zero-order chi connectivity index (χ0) is 41.4. The van der Waals surface area contributed by atoms with Crippen LogP contribution in [0.4, 0.5) is 5.13 Å². The third kappa shape index (κ3) is 8.20. The maximum absolute atomic E-state index is 13.6. The Morgan fingerprint density at radius 1 is 1.14 bits per heavy atom. The second kappa shape index (κ2) is 16.2. The number of phenolic OH excluding ortho intramolecular Hbond substituents is 2. The number of oxime groups is 2. The number of rotatable bonds is 16. The highest BCUT2D eigenvalue weighted by atomic mass is 35.5. The summed E-state index contributed by atoms with van der Waals surface area (Å²) in [5.41, 5.74) is 4.62. The topological polar surface area (TPSA) is 315 Å². The standard InChI is InChI=1S/C34H36ClN7O13S2/c35-23-16(1-2-19(43)27(23)47)24(39-54)28(48)37-14-34-3-6-42(7-4-34,8-5-34)11-15-12-56-30-17(29(49)41(30)26(15)32(52)53)9-20(44)25(18-13-57-33(36)38-18)40-55-21(31(50)51)10-22(45)46/h1-2,13,17,21,30H,3-12,14H2,(H8-,36,37,38,39,40,43,44,45,46,47,48,50,51,52,53,54)/t17-,21+,30-,34?,42?/m1/s1. The van der Waals surface area contributed by atoms with Crippen LogP contribution in [-0.4, -0.2) is 137 Å². The highest BCUT2D eigenvalue weighted by Crippen LogP contribution is 2.48. The first kappa shape index (κ1) is 41.2. The molecule has 0 radical (unpaired) electrons. The third-order valence-electron chi connectivity index (χ3n) is 10.9. The number of carbonyl (C=O) groups is 6. The van der Waals surface area contributed by atoms with E-state index in [2.05, 4.69) is 20.6 Å². The summed E-state index contributed by atoms with van der Waals surface area (Å²) in [4.78, 5) is 85.4. The molecular weight excluding hydrogens is 814 g/mol. The fourth-order valence-corrected chi connectivity index (χ4v) is 9.86. The van der Waals surface area contributed by atoms with Crippen molar-refractivity contribution >= 4 is 86.8 Å². The van der Waals surface area contributed by atoms with Crippen LogP contribution in [0.5, 0.6) is 11.5 Å². The molecule has 2 amide bonds. The van der Waals surface area contributed by atoms with E-state index in [4.69, 9.17) is 27.3 Å². The number of carbonyl (C=O) groups excluding carboxylic acids is 4. The Kier molecular flexibility index (Phi) is 11.7. The number of β-lactam (4-membered cyclic amide) rings is 1. The molecule has 3 atom stereocenters. The monoisotopic (exact) mass is 849 g/mol. The summed E-state index contributed by atoms with van der Waals surface area (Å²) in [6.45, 7) is 2.54. The van der Waals surface area contributed by atoms with Gasteiger partial charge in [0.1, 0.15) is 12.2 Å². The van der Waals surface area contributed by atoms with Crippen molar-refractivity contribution in [1.82, 2.24) is 15.2 Å². The molecule has 0 saturated carbocycles. The number of Topliss-reactive ketones (excluding diaryl/α,β-unsaturated/α-hetero) is 1. The molecular formula is C34H36ClN7O13S2. The van der Waals surface area contributed by atoms with Crippen molar-refractivity contribution in [1.29, 1.82) is 0 Å². The highest BCUT2D eigenvalue weighted by Gasteiger charge is 2.55. The lowest BCUT2D eigenvalue weighted by Gasteiger charge is -2.56. The number of amides is 2. The maximum atomic E-state index is 13.6. The van der Waals surface area contributed by atoms with Gasteiger partial charge in [-0.25, -0.2) is 9.78 Å². The number of benzene rings is 1. The van der Waals surface area contributed by atoms with Crippen LogP contribution in [0.25, 0.3) is 0 Å². The number of aromatic nitrogens is 1. The Morgan fingerprint density at radius 2 is 1.82 bits per heavy atom. The summed E-state index contributed by atoms with van der Waals surface area (Å²) in [5, 5.41) is 70.0. The van der Waals surface area contributed by atoms with E-state index in [9.17, 15) is 54.4 Å². The number of carboxylic acids is 3. The molecule has 23 heteroatoms. The summed E-state index contributed by atoms with van der Waals surface area (Å²) < 4.78 is 0.554. The van der Waals surface area contributed by atoms with Crippen LogP contribution in [0, 0.1) is 11.3 Å². The minimum atomic E-state index is -1.93. The smallest absolute Gasteiger partial charge is 0.348 e. The van der Waals surface area contributed by atoms with Gasteiger partial charge in [-0.15, -0.1) is 23.1 Å². The average Bonchev–Trinajstić information content (AvgIpc) is 3.61. The van der Waals surface area contributed by atoms with Crippen molar-refractivity contribution in [2.24, 2.45) is 21.6 Å². The number of nitrogens with two attached hydrogens (primary N) is 1. The molecule has 4 saturated heterocycles. The first-order valence-electron chi connectivity index (χ1n) is 17.4. The number of fused-ring (bicyclic) bond motifs is 4. The van der Waals surface area contributed by atoms with Gasteiger partial charge in [-0.3, -0.25) is 24.1 Å². The van der Waals surface area contributed by atoms with Crippen molar-refractivity contribution in [3.63, 3.8) is 0 Å². The number of phenols is 2. The van der Waals surface area contributed by atoms with Crippen molar-refractivity contribution in [2.75, 3.05) is 44.2 Å². The number of hydrogen-bond acceptors (Lipinski definition) is 17. The van der Waals surface area contributed by atoms with Gasteiger partial charge in [0.05, 0.1) is 54.0 Å². The summed E-state index contributed by atoms with van der Waals surface area (Å²) in [6.07, 6.45) is -1.31. The molecule has 0 aliphatic carbocycles. The van der Waals surface area contributed by atoms with E-state index in [-0.39, 0.29) is 44.8 Å². The summed E-state index contributed by atoms with van der Waals surface area (Å²) in [6, 6.07) is 2.35. The molecule has 6 heterocycles. The minimum absolute atomic E-state index is 0.0453. The number of piperidine rings is 3. The number of aliphatic carboxylic acids is 3. The Labute approximate surface area is 335 Å². The number of aromatic hydroxyl groups is 2. The van der Waals surface area contributed by atoms with E-state index in [0.29, 0.717) is 55.5 Å². The van der Waals surface area contributed by atoms with E-state index in [1.54, 1.807) is 0 Å². The van der Waals surface area contributed by atoms with Gasteiger partial charge in [-0.1, -0.05) is 21.9 Å². The molecule has 2 aromatic rings. The Bertz CT molecular complexity index is 2120. The minimum Gasteiger partial charge on any atom is -0.543 e. The van der Waals surface area contributed by atoms with Crippen LogP contribution in [-0.2, 0) is 33.6 Å². The first-order valence-corrected chi connectivity index (χ1v) is 19.7. The predicted molar refractivity (Wildman–Crippen MR) is 198 cm³/mol. The van der Waals surface area contributed by atoms with Crippen LogP contribution >= 0.6 is 34.7 Å². The first-order chi connectivity index (χ1) is 27.0. The van der Waals surface area contributed by atoms with Gasteiger partial charge >= 0.3 is 11.9 Å². The number of hydrogen-bond donors (Lipinski definition) is 7. The number of anilines is 1. The Morgan fingerprint density at radius 3 is 2.40 bits per heavy atom. The molecule has 5 aliphatic rings. The van der Waals surface area contributed by atoms with Crippen molar-refractivity contribution in [3.05, 3.63) is 45.1 Å². The number of carboxylic acid groups (broad SMARTS) is 3. The molecule has 0 unspecified atom stereocenters. The molecule has 5 aliphatic heterocycles. The molecule has 0 spiro atoms. The molecule has 8 N–H and O–H groups in total. The zero-order valence-corrected chi connectivity index (χ0v) is 32.1. The van der Waals surface area contributed by atoms with Gasteiger partial charge in [0.15, 0.2) is 33.8 Å². The highest BCUT2D eigenvalue weighted by molar-refractivity contribution is 8.00. The number of nitrogens with zero attached hydrogens (tertiary/aromatic N) is 5. The van der Waals surface area contributed by atoms with Crippen LogP contribution in [0.1, 0.15) is 43.4 Å². The molecule has 2 bridgehead atoms. The second-order valence-electron chi connectivity index (χ2n) is 14.3. The van der Waals surface area contributed by atoms with Crippen LogP contribution in [0.15, 0.2) is 39.1 Å². The molecule has 304 valence electrons. The predicted octanol–water partition coefficient (Wildman–Crippen LogP) is -0.0716. The Balaban J connectivity index is 1.10. The fraction of sp³-hybridized carbons (Fsp3) is 0.441. The molecule has 4 fully saturated rings. The van der Waals surface area contributed by atoms with Gasteiger partial charge in [0.25, 0.3) is 5.91 Å².